The molecule has 2 aromatic carbocycles. The molecule has 0 saturated heterocycles. The molecule has 2 aromatic rings. The second-order valence-corrected chi connectivity index (χ2v) is 6.24. The van der Waals surface area contributed by atoms with Gasteiger partial charge < -0.3 is 4.90 Å². The Morgan fingerprint density at radius 1 is 1.24 bits per heavy atom. The maximum Gasteiger partial charge on any atom is 0.270 e. The lowest BCUT2D eigenvalue weighted by atomic mass is 9.87. The van der Waals surface area contributed by atoms with Crippen LogP contribution in [0.5, 0.6) is 0 Å². The Labute approximate surface area is 146 Å². The number of likely N-dealkylation sites (N-methyl/N-ethyl adjacent to an activating group) is 1. The van der Waals surface area contributed by atoms with Crippen molar-refractivity contribution >= 4 is 17.7 Å². The number of amides is 1. The van der Waals surface area contributed by atoms with Crippen LogP contribution in [0, 0.1) is 10.1 Å². The first-order valence-corrected chi connectivity index (χ1v) is 8.33. The molecule has 1 atom stereocenters. The molecule has 1 amide bonds. The molecule has 128 valence electrons. The smallest absolute Gasteiger partial charge is 0.270 e. The molecule has 0 aliphatic heterocycles. The second kappa shape index (κ2) is 7.30. The third-order valence-electron chi connectivity index (χ3n) is 4.65. The number of hydrogen-bond acceptors (Lipinski definition) is 3. The number of aryl methyl sites for hydroxylation is 1. The lowest BCUT2D eigenvalue weighted by Gasteiger charge is -2.32. The van der Waals surface area contributed by atoms with Gasteiger partial charge in [-0.2, -0.15) is 0 Å². The van der Waals surface area contributed by atoms with Gasteiger partial charge in [0, 0.05) is 25.3 Å². The van der Waals surface area contributed by atoms with E-state index in [2.05, 4.69) is 12.1 Å². The summed E-state index contributed by atoms with van der Waals surface area (Å²) in [5.74, 6) is -0.104. The summed E-state index contributed by atoms with van der Waals surface area (Å²) in [5, 5.41) is 10.8. The molecule has 0 heterocycles. The summed E-state index contributed by atoms with van der Waals surface area (Å²) >= 11 is 0. The van der Waals surface area contributed by atoms with Gasteiger partial charge in [-0.05, 0) is 42.0 Å². The molecule has 0 radical (unpaired) electrons. The van der Waals surface area contributed by atoms with Crippen molar-refractivity contribution in [1.29, 1.82) is 0 Å². The molecular formula is C20H20N2O3. The number of benzene rings is 2. The van der Waals surface area contributed by atoms with Gasteiger partial charge >= 0.3 is 0 Å². The van der Waals surface area contributed by atoms with E-state index in [4.69, 9.17) is 0 Å². The fraction of sp³-hybridized carbons (Fsp3) is 0.250. The number of hydrogen-bond donors (Lipinski definition) is 0. The molecule has 0 fully saturated rings. The highest BCUT2D eigenvalue weighted by Gasteiger charge is 2.25. The number of non-ortho nitro benzene ring substituents is 1. The van der Waals surface area contributed by atoms with Crippen molar-refractivity contribution in [3.05, 3.63) is 81.4 Å². The van der Waals surface area contributed by atoms with Crippen molar-refractivity contribution in [2.75, 3.05) is 7.05 Å². The van der Waals surface area contributed by atoms with Gasteiger partial charge in [-0.3, -0.25) is 14.9 Å². The maximum atomic E-state index is 12.5. The van der Waals surface area contributed by atoms with E-state index in [1.807, 2.05) is 19.2 Å². The Kier molecular flexibility index (Phi) is 4.93. The molecule has 5 heteroatoms. The summed E-state index contributed by atoms with van der Waals surface area (Å²) in [6.07, 6.45) is 6.17. The zero-order valence-electron chi connectivity index (χ0n) is 14.1. The Bertz CT molecular complexity index is 829. The summed E-state index contributed by atoms with van der Waals surface area (Å²) in [4.78, 5) is 24.7. The van der Waals surface area contributed by atoms with E-state index in [1.54, 1.807) is 23.1 Å². The van der Waals surface area contributed by atoms with Gasteiger partial charge in [0.05, 0.1) is 11.0 Å². The number of nitrogens with zero attached hydrogens (tertiary/aromatic N) is 2. The average molecular weight is 336 g/mol. The van der Waals surface area contributed by atoms with Crippen LogP contribution in [0.1, 0.15) is 35.6 Å². The third kappa shape index (κ3) is 3.76. The number of nitro benzene ring substituents is 1. The average Bonchev–Trinajstić information content (AvgIpc) is 2.65. The largest absolute Gasteiger partial charge is 0.335 e. The molecule has 5 nitrogen and oxygen atoms in total. The van der Waals surface area contributed by atoms with Gasteiger partial charge in [-0.15, -0.1) is 0 Å². The maximum absolute atomic E-state index is 12.5. The van der Waals surface area contributed by atoms with Gasteiger partial charge in [0.25, 0.3) is 5.69 Å². The van der Waals surface area contributed by atoms with Crippen LogP contribution in [-0.4, -0.2) is 22.8 Å². The van der Waals surface area contributed by atoms with Crippen molar-refractivity contribution in [3.8, 4) is 0 Å². The zero-order valence-corrected chi connectivity index (χ0v) is 14.1. The minimum Gasteiger partial charge on any atom is -0.335 e. The number of carbonyl (C=O) groups excluding carboxylic acids is 1. The van der Waals surface area contributed by atoms with Crippen molar-refractivity contribution in [2.24, 2.45) is 0 Å². The standard InChI is InChI=1S/C20H20N2O3/c1-21(19-11-5-8-16-7-2-3-10-18(16)19)20(23)13-12-15-6-4-9-17(14-15)22(24)25/h2-4,6-7,9-10,12-14,19H,5,8,11H2,1H3. The first kappa shape index (κ1) is 16.9. The summed E-state index contributed by atoms with van der Waals surface area (Å²) in [6.45, 7) is 0. The SMILES string of the molecule is CN(C(=O)C=Cc1cccc([N+](=O)[O-])c1)C1CCCc2ccccc21. The van der Waals surface area contributed by atoms with E-state index in [9.17, 15) is 14.9 Å². The molecule has 0 N–H and O–H groups in total. The van der Waals surface area contributed by atoms with E-state index < -0.39 is 4.92 Å². The van der Waals surface area contributed by atoms with Crippen molar-refractivity contribution in [1.82, 2.24) is 4.90 Å². The molecule has 3 rings (SSSR count). The van der Waals surface area contributed by atoms with E-state index in [0.29, 0.717) is 5.56 Å². The van der Waals surface area contributed by atoms with Crippen LogP contribution < -0.4 is 0 Å². The van der Waals surface area contributed by atoms with Gasteiger partial charge in [0.15, 0.2) is 0 Å². The predicted molar refractivity (Wildman–Crippen MR) is 97.0 cm³/mol. The molecule has 0 bridgehead atoms. The Balaban J connectivity index is 1.75. The van der Waals surface area contributed by atoms with Gasteiger partial charge in [0.2, 0.25) is 5.91 Å². The monoisotopic (exact) mass is 336 g/mol. The normalized spacial score (nSPS) is 16.4. The van der Waals surface area contributed by atoms with Crippen LogP contribution in [0.15, 0.2) is 54.6 Å². The Hall–Kier alpha value is -2.95. The summed E-state index contributed by atoms with van der Waals surface area (Å²) in [7, 11) is 1.81. The van der Waals surface area contributed by atoms with Gasteiger partial charge in [-0.1, -0.05) is 36.4 Å². The first-order chi connectivity index (χ1) is 12.1. The van der Waals surface area contributed by atoms with Crippen LogP contribution in [0.3, 0.4) is 0 Å². The highest BCUT2D eigenvalue weighted by atomic mass is 16.6. The third-order valence-corrected chi connectivity index (χ3v) is 4.65. The van der Waals surface area contributed by atoms with Gasteiger partial charge in [-0.25, -0.2) is 0 Å². The van der Waals surface area contributed by atoms with Crippen LogP contribution >= 0.6 is 0 Å². The first-order valence-electron chi connectivity index (χ1n) is 8.33. The molecule has 25 heavy (non-hydrogen) atoms. The quantitative estimate of drug-likeness (QED) is 0.479. The fourth-order valence-corrected chi connectivity index (χ4v) is 3.31. The molecule has 0 saturated carbocycles. The molecule has 1 aliphatic carbocycles. The molecule has 1 aliphatic rings. The van der Waals surface area contributed by atoms with Crippen molar-refractivity contribution in [2.45, 2.75) is 25.3 Å². The summed E-state index contributed by atoms with van der Waals surface area (Å²) in [5.41, 5.74) is 3.18. The summed E-state index contributed by atoms with van der Waals surface area (Å²) < 4.78 is 0. The van der Waals surface area contributed by atoms with Crippen LogP contribution in [0.25, 0.3) is 6.08 Å². The molecule has 0 spiro atoms. The summed E-state index contributed by atoms with van der Waals surface area (Å²) in [6, 6.07) is 14.6. The molecule has 1 unspecified atom stereocenters. The molecular weight excluding hydrogens is 316 g/mol. The predicted octanol–water partition coefficient (Wildman–Crippen LogP) is 4.14. The topological polar surface area (TPSA) is 63.5 Å². The lowest BCUT2D eigenvalue weighted by Crippen LogP contribution is -2.32. The minimum absolute atomic E-state index is 0.0177. The van der Waals surface area contributed by atoms with Crippen molar-refractivity contribution in [3.63, 3.8) is 0 Å². The van der Waals surface area contributed by atoms with Gasteiger partial charge in [0.1, 0.15) is 0 Å². The Morgan fingerprint density at radius 2 is 2.04 bits per heavy atom. The second-order valence-electron chi connectivity index (χ2n) is 6.24. The van der Waals surface area contributed by atoms with Crippen LogP contribution in [0.4, 0.5) is 5.69 Å². The number of fused-ring (bicyclic) bond motifs is 1. The highest BCUT2D eigenvalue weighted by Crippen LogP contribution is 2.33. The van der Waals surface area contributed by atoms with E-state index in [1.165, 1.54) is 29.3 Å². The minimum atomic E-state index is -0.440. The van der Waals surface area contributed by atoms with Crippen LogP contribution in [0.2, 0.25) is 0 Å². The lowest BCUT2D eigenvalue weighted by molar-refractivity contribution is -0.384. The van der Waals surface area contributed by atoms with E-state index >= 15 is 0 Å². The van der Waals surface area contributed by atoms with Crippen molar-refractivity contribution < 1.29 is 9.72 Å². The van der Waals surface area contributed by atoms with E-state index in [-0.39, 0.29) is 17.6 Å². The number of rotatable bonds is 4. The number of nitro groups is 1. The van der Waals surface area contributed by atoms with Crippen LogP contribution in [-0.2, 0) is 11.2 Å². The molecule has 0 aromatic heterocycles. The zero-order chi connectivity index (χ0) is 17.8. The van der Waals surface area contributed by atoms with E-state index in [0.717, 1.165) is 19.3 Å². The highest BCUT2D eigenvalue weighted by molar-refractivity contribution is 5.92. The Morgan fingerprint density at radius 3 is 2.84 bits per heavy atom. The fourth-order valence-electron chi connectivity index (χ4n) is 3.31. The number of carbonyl (C=O) groups is 1.